The van der Waals surface area contributed by atoms with Gasteiger partial charge in [-0.1, -0.05) is 30.4 Å². The molecule has 4 rings (SSSR count). The van der Waals surface area contributed by atoms with E-state index in [0.29, 0.717) is 17.8 Å². The van der Waals surface area contributed by atoms with Gasteiger partial charge in [0, 0.05) is 23.5 Å². The number of rotatable bonds is 6. The second kappa shape index (κ2) is 8.14. The minimum absolute atomic E-state index is 0.0269. The molecule has 30 heavy (non-hydrogen) atoms. The number of nitrogens with one attached hydrogen (secondary N) is 1. The topological polar surface area (TPSA) is 86.7 Å². The Morgan fingerprint density at radius 1 is 0.967 bits per heavy atom. The van der Waals surface area contributed by atoms with Crippen LogP contribution in [0.4, 0.5) is 11.4 Å². The fourth-order valence-electron chi connectivity index (χ4n) is 4.65. The first-order valence-electron chi connectivity index (χ1n) is 10.2. The Morgan fingerprint density at radius 3 is 2.20 bits per heavy atom. The van der Waals surface area contributed by atoms with Crippen molar-refractivity contribution in [3.05, 3.63) is 72.3 Å². The first-order chi connectivity index (χ1) is 14.5. The number of anilines is 2. The zero-order chi connectivity index (χ0) is 21.3. The molecule has 0 saturated heterocycles. The lowest BCUT2D eigenvalue weighted by Gasteiger charge is -2.24. The van der Waals surface area contributed by atoms with Gasteiger partial charge in [0.2, 0.25) is 5.91 Å². The van der Waals surface area contributed by atoms with Gasteiger partial charge >= 0.3 is 5.97 Å². The van der Waals surface area contributed by atoms with E-state index in [1.54, 1.807) is 29.2 Å². The van der Waals surface area contributed by atoms with Gasteiger partial charge in [-0.3, -0.25) is 14.4 Å². The monoisotopic (exact) mass is 404 g/mol. The van der Waals surface area contributed by atoms with Crippen molar-refractivity contribution in [2.24, 2.45) is 23.7 Å². The molecule has 2 aliphatic rings. The number of fused-ring (bicyclic) bond motifs is 2. The van der Waals surface area contributed by atoms with Gasteiger partial charge in [-0.15, -0.1) is 0 Å². The molecular formula is C24H24N2O4. The smallest absolute Gasteiger partial charge is 0.307 e. The lowest BCUT2D eigenvalue weighted by Crippen LogP contribution is -2.36. The summed E-state index contributed by atoms with van der Waals surface area (Å²) < 4.78 is 0. The number of benzene rings is 2. The minimum Gasteiger partial charge on any atom is -0.481 e. The second-order valence-corrected chi connectivity index (χ2v) is 7.79. The van der Waals surface area contributed by atoms with Gasteiger partial charge in [-0.05, 0) is 61.6 Å². The predicted octanol–water partition coefficient (Wildman–Crippen LogP) is 3.81. The van der Waals surface area contributed by atoms with E-state index in [2.05, 4.69) is 5.32 Å². The standard InChI is InChI=1S/C24H24N2O4/c1-2-26(19-6-4-3-5-7-19)23(28)15-10-12-18(13-11-15)25-22(27)20-16-8-9-17(14-16)21(20)24(29)30/h3-13,16-17,20-21H,2,14H2,1H3,(H,25,27)(H,29,30)/t16-,17-,20+,21-/m0/s1. The van der Waals surface area contributed by atoms with Crippen molar-refractivity contribution in [1.82, 2.24) is 0 Å². The normalized spacial score (nSPS) is 23.9. The Hall–Kier alpha value is -3.41. The van der Waals surface area contributed by atoms with Crippen LogP contribution in [0.3, 0.4) is 0 Å². The maximum atomic E-state index is 12.9. The molecule has 1 fully saturated rings. The Morgan fingerprint density at radius 2 is 1.60 bits per heavy atom. The molecule has 0 aromatic heterocycles. The number of aliphatic carboxylic acids is 1. The summed E-state index contributed by atoms with van der Waals surface area (Å²) in [6, 6.07) is 16.2. The van der Waals surface area contributed by atoms with Crippen LogP contribution in [0.1, 0.15) is 23.7 Å². The third-order valence-electron chi connectivity index (χ3n) is 6.08. The van der Waals surface area contributed by atoms with E-state index in [0.717, 1.165) is 12.1 Å². The first-order valence-corrected chi connectivity index (χ1v) is 10.2. The summed E-state index contributed by atoms with van der Waals surface area (Å²) in [4.78, 5) is 39.0. The molecule has 2 amide bonds. The van der Waals surface area contributed by atoms with E-state index >= 15 is 0 Å². The summed E-state index contributed by atoms with van der Waals surface area (Å²) in [5.41, 5.74) is 1.90. The third-order valence-corrected chi connectivity index (χ3v) is 6.08. The van der Waals surface area contributed by atoms with E-state index in [1.807, 2.05) is 49.4 Å². The molecule has 0 aliphatic heterocycles. The SMILES string of the molecule is CCN(C(=O)c1ccc(NC(=O)[C@H]2[C@@H](C(=O)O)[C@H]3C=C[C@H]2C3)cc1)c1ccccc1. The van der Waals surface area contributed by atoms with E-state index in [-0.39, 0.29) is 23.7 Å². The summed E-state index contributed by atoms with van der Waals surface area (Å²) in [6.45, 7) is 2.46. The van der Waals surface area contributed by atoms with E-state index in [4.69, 9.17) is 0 Å². The van der Waals surface area contributed by atoms with E-state index < -0.39 is 17.8 Å². The molecule has 4 atom stereocenters. The number of hydrogen-bond donors (Lipinski definition) is 2. The summed E-state index contributed by atoms with van der Waals surface area (Å²) in [5.74, 6) is -2.66. The van der Waals surface area contributed by atoms with Crippen LogP contribution in [0, 0.1) is 23.7 Å². The highest BCUT2D eigenvalue weighted by Gasteiger charge is 2.51. The third kappa shape index (κ3) is 3.61. The predicted molar refractivity (Wildman–Crippen MR) is 114 cm³/mol. The molecule has 2 N–H and O–H groups in total. The Bertz CT molecular complexity index is 984. The number of allylic oxidation sites excluding steroid dienone is 2. The molecule has 2 aromatic rings. The van der Waals surface area contributed by atoms with Crippen LogP contribution < -0.4 is 10.2 Å². The van der Waals surface area contributed by atoms with Crippen molar-refractivity contribution in [3.8, 4) is 0 Å². The molecular weight excluding hydrogens is 380 g/mol. The van der Waals surface area contributed by atoms with Gasteiger partial charge in [-0.2, -0.15) is 0 Å². The molecule has 6 heteroatoms. The zero-order valence-corrected chi connectivity index (χ0v) is 16.7. The van der Waals surface area contributed by atoms with E-state index in [1.165, 1.54) is 0 Å². The Balaban J connectivity index is 1.46. The molecule has 0 heterocycles. The van der Waals surface area contributed by atoms with Crippen LogP contribution in [-0.2, 0) is 9.59 Å². The number of hydrogen-bond acceptors (Lipinski definition) is 3. The fourth-order valence-corrected chi connectivity index (χ4v) is 4.65. The number of carboxylic acids is 1. The van der Waals surface area contributed by atoms with Gasteiger partial charge in [0.05, 0.1) is 11.8 Å². The van der Waals surface area contributed by atoms with Crippen LogP contribution in [0.5, 0.6) is 0 Å². The zero-order valence-electron chi connectivity index (χ0n) is 16.7. The molecule has 0 unspecified atom stereocenters. The molecule has 0 spiro atoms. The van der Waals surface area contributed by atoms with Crippen molar-refractivity contribution >= 4 is 29.2 Å². The summed E-state index contributed by atoms with van der Waals surface area (Å²) in [7, 11) is 0. The van der Waals surface area contributed by atoms with Gasteiger partial charge in [0.15, 0.2) is 0 Å². The highest BCUT2D eigenvalue weighted by Crippen LogP contribution is 2.48. The highest BCUT2D eigenvalue weighted by atomic mass is 16.4. The maximum Gasteiger partial charge on any atom is 0.307 e. The summed E-state index contributed by atoms with van der Waals surface area (Å²) in [6.07, 6.45) is 4.59. The van der Waals surface area contributed by atoms with Gasteiger partial charge in [0.1, 0.15) is 0 Å². The van der Waals surface area contributed by atoms with Gasteiger partial charge in [0.25, 0.3) is 5.91 Å². The molecule has 2 aliphatic carbocycles. The largest absolute Gasteiger partial charge is 0.481 e. The lowest BCUT2D eigenvalue weighted by atomic mass is 9.82. The quantitative estimate of drug-likeness (QED) is 0.717. The van der Waals surface area contributed by atoms with Crippen LogP contribution in [-0.4, -0.2) is 29.4 Å². The number of amides is 2. The van der Waals surface area contributed by atoms with Gasteiger partial charge < -0.3 is 15.3 Å². The number of nitrogens with zero attached hydrogens (tertiary/aromatic N) is 1. The number of para-hydroxylation sites is 1. The van der Waals surface area contributed by atoms with Crippen LogP contribution >= 0.6 is 0 Å². The van der Waals surface area contributed by atoms with Crippen LogP contribution in [0.15, 0.2) is 66.7 Å². The average molecular weight is 404 g/mol. The summed E-state index contributed by atoms with van der Waals surface area (Å²) >= 11 is 0. The van der Waals surface area contributed by atoms with Crippen molar-refractivity contribution in [3.63, 3.8) is 0 Å². The Labute approximate surface area is 175 Å². The van der Waals surface area contributed by atoms with Gasteiger partial charge in [-0.25, -0.2) is 0 Å². The van der Waals surface area contributed by atoms with Crippen LogP contribution in [0.25, 0.3) is 0 Å². The lowest BCUT2D eigenvalue weighted by molar-refractivity contribution is -0.146. The molecule has 2 bridgehead atoms. The molecule has 154 valence electrons. The average Bonchev–Trinajstić information content (AvgIpc) is 3.37. The molecule has 2 aromatic carbocycles. The van der Waals surface area contributed by atoms with Crippen LogP contribution in [0.2, 0.25) is 0 Å². The first kappa shape index (κ1) is 19.9. The highest BCUT2D eigenvalue weighted by molar-refractivity contribution is 6.06. The number of carbonyl (C=O) groups excluding carboxylic acids is 2. The van der Waals surface area contributed by atoms with E-state index in [9.17, 15) is 19.5 Å². The fraction of sp³-hybridized carbons (Fsp3) is 0.292. The number of carbonyl (C=O) groups is 3. The van der Waals surface area contributed by atoms with Crippen molar-refractivity contribution < 1.29 is 19.5 Å². The minimum atomic E-state index is -0.923. The molecule has 6 nitrogen and oxygen atoms in total. The second-order valence-electron chi connectivity index (χ2n) is 7.79. The van der Waals surface area contributed by atoms with Crippen molar-refractivity contribution in [2.75, 3.05) is 16.8 Å². The molecule has 1 saturated carbocycles. The van der Waals surface area contributed by atoms with Crippen molar-refractivity contribution in [1.29, 1.82) is 0 Å². The summed E-state index contributed by atoms with van der Waals surface area (Å²) in [5, 5.41) is 12.4. The maximum absolute atomic E-state index is 12.9. The molecule has 0 radical (unpaired) electrons. The Kier molecular flexibility index (Phi) is 5.40. The van der Waals surface area contributed by atoms with Crippen molar-refractivity contribution in [2.45, 2.75) is 13.3 Å². The number of carboxylic acid groups (broad SMARTS) is 1.